The van der Waals surface area contributed by atoms with Crippen molar-refractivity contribution < 1.29 is 18.4 Å². The Kier molecular flexibility index (Phi) is 6.55. The van der Waals surface area contributed by atoms with Crippen LogP contribution >= 0.6 is 24.0 Å². The minimum Gasteiger partial charge on any atom is -0.355 e. The summed E-state index contributed by atoms with van der Waals surface area (Å²) >= 11 is 0. The van der Waals surface area contributed by atoms with Crippen molar-refractivity contribution in [3.05, 3.63) is 47.5 Å². The number of fused-ring (bicyclic) bond motifs is 5. The minimum atomic E-state index is -0.633. The second kappa shape index (κ2) is 8.76. The molecular formula is C20H23F2IN4O2. The van der Waals surface area contributed by atoms with Crippen LogP contribution in [0.5, 0.6) is 0 Å². The zero-order chi connectivity index (χ0) is 19.8. The van der Waals surface area contributed by atoms with Gasteiger partial charge in [0.2, 0.25) is 11.8 Å². The summed E-state index contributed by atoms with van der Waals surface area (Å²) in [4.78, 5) is 30.7. The Labute approximate surface area is 184 Å². The van der Waals surface area contributed by atoms with Gasteiger partial charge in [-0.25, -0.2) is 8.78 Å². The van der Waals surface area contributed by atoms with Crippen LogP contribution in [0.2, 0.25) is 0 Å². The first-order chi connectivity index (χ1) is 13.5. The number of halogens is 3. The van der Waals surface area contributed by atoms with Crippen molar-refractivity contribution in [2.45, 2.75) is 13.0 Å². The molecule has 2 amide bonds. The highest BCUT2D eigenvalue weighted by molar-refractivity contribution is 14.0. The number of carbonyl (C=O) groups excluding carboxylic acids is 2. The van der Waals surface area contributed by atoms with Gasteiger partial charge in [0.15, 0.2) is 5.96 Å². The van der Waals surface area contributed by atoms with E-state index >= 15 is 0 Å². The molecule has 3 aliphatic rings. The van der Waals surface area contributed by atoms with E-state index in [9.17, 15) is 18.4 Å². The maximum absolute atomic E-state index is 13.7. The van der Waals surface area contributed by atoms with Crippen molar-refractivity contribution in [3.8, 4) is 0 Å². The fraction of sp³-hybridized carbons (Fsp3) is 0.450. The molecule has 1 aliphatic heterocycles. The number of hydrogen-bond acceptors (Lipinski definition) is 3. The van der Waals surface area contributed by atoms with Crippen molar-refractivity contribution in [2.75, 3.05) is 20.1 Å². The normalized spacial score (nSPS) is 27.3. The zero-order valence-electron chi connectivity index (χ0n) is 15.9. The quantitative estimate of drug-likeness (QED) is 0.207. The van der Waals surface area contributed by atoms with Gasteiger partial charge in [-0.15, -0.1) is 24.0 Å². The Morgan fingerprint density at radius 2 is 1.79 bits per heavy atom. The molecule has 1 aromatic carbocycles. The number of nitrogens with zero attached hydrogens (tertiary/aromatic N) is 2. The molecule has 0 radical (unpaired) electrons. The van der Waals surface area contributed by atoms with Gasteiger partial charge in [0, 0.05) is 38.3 Å². The Balaban J connectivity index is 0.00000240. The third-order valence-corrected chi connectivity index (χ3v) is 5.87. The first kappa shape index (κ1) is 21.7. The van der Waals surface area contributed by atoms with Crippen molar-refractivity contribution in [3.63, 3.8) is 0 Å². The first-order valence-electron chi connectivity index (χ1n) is 9.41. The second-order valence-electron chi connectivity index (χ2n) is 7.42. The summed E-state index contributed by atoms with van der Waals surface area (Å²) in [6.45, 7) is 0.730. The largest absolute Gasteiger partial charge is 0.355 e. The highest BCUT2D eigenvalue weighted by atomic mass is 127. The highest BCUT2D eigenvalue weighted by Gasteiger charge is 2.58. The van der Waals surface area contributed by atoms with Crippen LogP contribution in [-0.4, -0.2) is 42.8 Å². The topological polar surface area (TPSA) is 73.8 Å². The summed E-state index contributed by atoms with van der Waals surface area (Å²) in [6, 6.07) is 3.39. The van der Waals surface area contributed by atoms with Crippen molar-refractivity contribution in [1.82, 2.24) is 15.5 Å². The van der Waals surface area contributed by atoms with Gasteiger partial charge < -0.3 is 10.6 Å². The average molecular weight is 516 g/mol. The lowest BCUT2D eigenvalue weighted by atomic mass is 9.85. The number of allylic oxidation sites excluding steroid dienone is 2. The standard InChI is InChI=1S/C20H22F2N4O2.HI/c1-23-20(25-10-13-4-5-14(21)9-15(13)22)24-6-7-26-18(27)16-11-2-3-12(8-11)17(16)19(26)28;/h2-5,9,11-12,16-17H,6-8,10H2,1H3,(H2,23,24,25);1H. The summed E-state index contributed by atoms with van der Waals surface area (Å²) in [5, 5.41) is 5.96. The highest BCUT2D eigenvalue weighted by Crippen LogP contribution is 2.52. The zero-order valence-corrected chi connectivity index (χ0v) is 18.2. The van der Waals surface area contributed by atoms with Gasteiger partial charge in [-0.1, -0.05) is 18.2 Å². The first-order valence-corrected chi connectivity index (χ1v) is 9.41. The molecular weight excluding hydrogens is 493 g/mol. The predicted molar refractivity (Wildman–Crippen MR) is 114 cm³/mol. The van der Waals surface area contributed by atoms with E-state index in [1.54, 1.807) is 7.05 Å². The summed E-state index contributed by atoms with van der Waals surface area (Å²) in [5.41, 5.74) is 0.310. The predicted octanol–water partition coefficient (Wildman–Crippen LogP) is 2.05. The van der Waals surface area contributed by atoms with Gasteiger partial charge in [0.1, 0.15) is 11.6 Å². The van der Waals surface area contributed by atoms with Crippen LogP contribution in [0, 0.1) is 35.3 Å². The maximum atomic E-state index is 13.7. The molecule has 4 atom stereocenters. The Hall–Kier alpha value is -2.04. The smallest absolute Gasteiger partial charge is 0.233 e. The maximum Gasteiger partial charge on any atom is 0.233 e. The number of aliphatic imine (C=N–C) groups is 1. The fourth-order valence-corrected chi connectivity index (χ4v) is 4.54. The number of likely N-dealkylation sites (tertiary alicyclic amines) is 1. The van der Waals surface area contributed by atoms with Crippen LogP contribution in [0.1, 0.15) is 12.0 Å². The number of nitrogens with one attached hydrogen (secondary N) is 2. The van der Waals surface area contributed by atoms with E-state index in [1.165, 1.54) is 17.0 Å². The lowest BCUT2D eigenvalue weighted by Crippen LogP contribution is -2.43. The van der Waals surface area contributed by atoms with Gasteiger partial charge in [0.25, 0.3) is 0 Å². The van der Waals surface area contributed by atoms with Gasteiger partial charge in [-0.05, 0) is 24.3 Å². The fourth-order valence-electron chi connectivity index (χ4n) is 4.54. The Morgan fingerprint density at radius 1 is 1.14 bits per heavy atom. The molecule has 1 aromatic rings. The number of hydrogen-bond donors (Lipinski definition) is 2. The van der Waals surface area contributed by atoms with Crippen molar-refractivity contribution in [1.29, 1.82) is 0 Å². The molecule has 4 unspecified atom stereocenters. The molecule has 9 heteroatoms. The van der Waals surface area contributed by atoms with Crippen molar-refractivity contribution in [2.24, 2.45) is 28.7 Å². The molecule has 1 saturated carbocycles. The molecule has 1 heterocycles. The number of rotatable bonds is 5. The van der Waals surface area contributed by atoms with Crippen LogP contribution < -0.4 is 10.6 Å². The molecule has 1 saturated heterocycles. The summed E-state index contributed by atoms with van der Waals surface area (Å²) in [5.74, 6) is -1.00. The van der Waals surface area contributed by atoms with Gasteiger partial charge in [0.05, 0.1) is 11.8 Å². The second-order valence-corrected chi connectivity index (χ2v) is 7.42. The van der Waals surface area contributed by atoms with Crippen LogP contribution in [0.25, 0.3) is 0 Å². The number of benzene rings is 1. The molecule has 156 valence electrons. The monoisotopic (exact) mass is 516 g/mol. The molecule has 29 heavy (non-hydrogen) atoms. The van der Waals surface area contributed by atoms with E-state index in [0.29, 0.717) is 18.1 Å². The summed E-state index contributed by atoms with van der Waals surface area (Å²) in [7, 11) is 1.57. The minimum absolute atomic E-state index is 0. The van der Waals surface area contributed by atoms with Crippen molar-refractivity contribution >= 4 is 41.8 Å². The van der Waals surface area contributed by atoms with E-state index < -0.39 is 11.6 Å². The van der Waals surface area contributed by atoms with E-state index in [1.807, 2.05) is 0 Å². The summed E-state index contributed by atoms with van der Waals surface area (Å²) in [6.07, 6.45) is 5.05. The van der Waals surface area contributed by atoms with Crippen LogP contribution in [0.15, 0.2) is 35.3 Å². The molecule has 4 rings (SSSR count). The van der Waals surface area contributed by atoms with Gasteiger partial charge in [-0.3, -0.25) is 19.5 Å². The number of imide groups is 1. The summed E-state index contributed by atoms with van der Waals surface area (Å²) < 4.78 is 26.7. The van der Waals surface area contributed by atoms with E-state index in [4.69, 9.17) is 0 Å². The number of guanidine groups is 1. The number of carbonyl (C=O) groups is 2. The number of amides is 2. The van der Waals surface area contributed by atoms with E-state index in [-0.39, 0.29) is 72.6 Å². The Bertz CT molecular complexity index is 846. The third kappa shape index (κ3) is 4.01. The van der Waals surface area contributed by atoms with Crippen LogP contribution in [-0.2, 0) is 16.1 Å². The van der Waals surface area contributed by atoms with Crippen LogP contribution in [0.3, 0.4) is 0 Å². The molecule has 2 aliphatic carbocycles. The van der Waals surface area contributed by atoms with Gasteiger partial charge >= 0.3 is 0 Å². The molecule has 2 fully saturated rings. The lowest BCUT2D eigenvalue weighted by molar-refractivity contribution is -0.140. The van der Waals surface area contributed by atoms with E-state index in [2.05, 4.69) is 27.8 Å². The van der Waals surface area contributed by atoms with E-state index in [0.717, 1.165) is 12.5 Å². The Morgan fingerprint density at radius 3 is 2.38 bits per heavy atom. The third-order valence-electron chi connectivity index (χ3n) is 5.87. The molecule has 0 spiro atoms. The van der Waals surface area contributed by atoms with Crippen LogP contribution in [0.4, 0.5) is 8.78 Å². The molecule has 6 nitrogen and oxygen atoms in total. The van der Waals surface area contributed by atoms with Gasteiger partial charge in [-0.2, -0.15) is 0 Å². The average Bonchev–Trinajstić information content (AvgIpc) is 3.35. The SMILES string of the molecule is CN=C(NCCN1C(=O)C2C3C=CC(C3)C2C1=O)NCc1ccc(F)cc1F.I. The molecule has 2 bridgehead atoms. The molecule has 0 aromatic heterocycles. The molecule has 2 N–H and O–H groups in total. The lowest BCUT2D eigenvalue weighted by Gasteiger charge is -2.18.